The monoisotopic (exact) mass is 348 g/mol. The normalized spacial score (nSPS) is 21.0. The maximum absolute atomic E-state index is 12.2. The van der Waals surface area contributed by atoms with Crippen molar-refractivity contribution >= 4 is 5.91 Å². The molecule has 0 aliphatic carbocycles. The first-order chi connectivity index (χ1) is 11.8. The van der Waals surface area contributed by atoms with Crippen LogP contribution in [0.1, 0.15) is 51.9 Å². The average Bonchev–Trinajstić information content (AvgIpc) is 2.94. The van der Waals surface area contributed by atoms with Gasteiger partial charge in [-0.05, 0) is 32.8 Å². The van der Waals surface area contributed by atoms with E-state index in [0.717, 1.165) is 50.4 Å². The molecule has 1 aromatic rings. The first kappa shape index (κ1) is 18.4. The first-order valence-corrected chi connectivity index (χ1v) is 9.58. The zero-order valence-corrected chi connectivity index (χ0v) is 16.0. The number of piperidine rings is 1. The number of amides is 1. The highest BCUT2D eigenvalue weighted by Crippen LogP contribution is 2.28. The summed E-state index contributed by atoms with van der Waals surface area (Å²) in [4.78, 5) is 16.6. The summed E-state index contributed by atoms with van der Waals surface area (Å²) in [5.41, 5.74) is 1.39. The third-order valence-corrected chi connectivity index (χ3v) is 5.62. The van der Waals surface area contributed by atoms with Gasteiger partial charge in [0.1, 0.15) is 0 Å². The molecule has 3 rings (SSSR count). The Labute approximate surface area is 150 Å². The van der Waals surface area contributed by atoms with Crippen molar-refractivity contribution in [1.29, 1.82) is 0 Å². The molecule has 1 saturated heterocycles. The third kappa shape index (κ3) is 4.06. The van der Waals surface area contributed by atoms with Crippen molar-refractivity contribution in [1.82, 2.24) is 19.6 Å². The number of fused-ring (bicyclic) bond motifs is 1. The van der Waals surface area contributed by atoms with Gasteiger partial charge in [0.15, 0.2) is 0 Å². The Kier molecular flexibility index (Phi) is 5.21. The lowest BCUT2D eigenvalue weighted by Gasteiger charge is -2.39. The van der Waals surface area contributed by atoms with E-state index < -0.39 is 5.60 Å². The van der Waals surface area contributed by atoms with Crippen LogP contribution in [0.4, 0.5) is 0 Å². The van der Waals surface area contributed by atoms with Crippen molar-refractivity contribution < 1.29 is 9.90 Å². The van der Waals surface area contributed by atoms with E-state index in [1.807, 2.05) is 23.4 Å². The minimum Gasteiger partial charge on any atom is -0.389 e. The molecule has 0 atom stereocenters. The van der Waals surface area contributed by atoms with Crippen LogP contribution in [-0.4, -0.2) is 61.9 Å². The second-order valence-electron chi connectivity index (χ2n) is 8.30. The maximum Gasteiger partial charge on any atom is 0.225 e. The van der Waals surface area contributed by atoms with Gasteiger partial charge in [-0.25, -0.2) is 0 Å². The number of hydrogen-bond donors (Lipinski definition) is 1. The van der Waals surface area contributed by atoms with Gasteiger partial charge in [-0.1, -0.05) is 13.8 Å². The first-order valence-electron chi connectivity index (χ1n) is 9.58. The largest absolute Gasteiger partial charge is 0.389 e. The van der Waals surface area contributed by atoms with E-state index in [4.69, 9.17) is 0 Å². The predicted molar refractivity (Wildman–Crippen MR) is 97.1 cm³/mol. The Hall–Kier alpha value is -1.40. The van der Waals surface area contributed by atoms with Crippen molar-refractivity contribution in [2.24, 2.45) is 5.92 Å². The molecule has 0 radical (unpaired) electrons. The summed E-state index contributed by atoms with van der Waals surface area (Å²) in [6.07, 6.45) is 2.20. The van der Waals surface area contributed by atoms with Crippen LogP contribution >= 0.6 is 0 Å². The summed E-state index contributed by atoms with van der Waals surface area (Å²) in [5, 5.41) is 15.6. The van der Waals surface area contributed by atoms with Crippen LogP contribution in [0, 0.1) is 5.92 Å². The highest BCUT2D eigenvalue weighted by atomic mass is 16.3. The van der Waals surface area contributed by atoms with Crippen molar-refractivity contribution in [2.45, 2.75) is 71.7 Å². The molecule has 0 unspecified atom stereocenters. The lowest BCUT2D eigenvalue weighted by molar-refractivity contribution is -0.136. The molecule has 1 aromatic heterocycles. The van der Waals surface area contributed by atoms with Crippen molar-refractivity contribution in [3.05, 3.63) is 17.5 Å². The maximum atomic E-state index is 12.2. The quantitative estimate of drug-likeness (QED) is 0.899. The average molecular weight is 348 g/mol. The number of rotatable bonds is 4. The fourth-order valence-corrected chi connectivity index (χ4v) is 3.94. The second kappa shape index (κ2) is 7.08. The molecule has 1 amide bonds. The zero-order chi connectivity index (χ0) is 18.2. The minimum absolute atomic E-state index is 0.0285. The molecule has 25 heavy (non-hydrogen) atoms. The van der Waals surface area contributed by atoms with Gasteiger partial charge in [0, 0.05) is 38.0 Å². The van der Waals surface area contributed by atoms with Crippen molar-refractivity contribution in [3.63, 3.8) is 0 Å². The number of nitrogens with zero attached hydrogens (tertiary/aromatic N) is 4. The summed E-state index contributed by atoms with van der Waals surface area (Å²) in [6, 6.07) is 2.61. The predicted octanol–water partition coefficient (Wildman–Crippen LogP) is 1.66. The Morgan fingerprint density at radius 3 is 2.48 bits per heavy atom. The van der Waals surface area contributed by atoms with Gasteiger partial charge in [0.25, 0.3) is 0 Å². The van der Waals surface area contributed by atoms with E-state index in [1.54, 1.807) is 0 Å². The molecule has 2 aliphatic heterocycles. The fraction of sp³-hybridized carbons (Fsp3) is 0.789. The molecule has 0 saturated carbocycles. The SMILES string of the molecule is CC(C)C(=O)N1CCn2nc(CC3(O)CCN(C(C)C)CC3)cc2C1. The number of carbonyl (C=O) groups excluding carboxylic acids is 1. The van der Waals surface area contributed by atoms with Gasteiger partial charge >= 0.3 is 0 Å². The van der Waals surface area contributed by atoms with Crippen LogP contribution < -0.4 is 0 Å². The van der Waals surface area contributed by atoms with Crippen LogP contribution in [-0.2, 0) is 24.3 Å². The molecule has 0 bridgehead atoms. The van der Waals surface area contributed by atoms with Crippen LogP contribution in [0.3, 0.4) is 0 Å². The van der Waals surface area contributed by atoms with Gasteiger partial charge in [-0.15, -0.1) is 0 Å². The topological polar surface area (TPSA) is 61.6 Å². The molecule has 0 aromatic carbocycles. The van der Waals surface area contributed by atoms with E-state index in [0.29, 0.717) is 19.0 Å². The van der Waals surface area contributed by atoms with Gasteiger partial charge in [0.2, 0.25) is 5.91 Å². The second-order valence-corrected chi connectivity index (χ2v) is 8.30. The number of carbonyl (C=O) groups is 1. The fourth-order valence-electron chi connectivity index (χ4n) is 3.94. The van der Waals surface area contributed by atoms with E-state index in [1.165, 1.54) is 0 Å². The van der Waals surface area contributed by atoms with Crippen molar-refractivity contribution in [2.75, 3.05) is 19.6 Å². The third-order valence-electron chi connectivity index (χ3n) is 5.62. The number of likely N-dealkylation sites (tertiary alicyclic amines) is 1. The van der Waals surface area contributed by atoms with Crippen LogP contribution in [0.25, 0.3) is 0 Å². The lowest BCUT2D eigenvalue weighted by atomic mass is 9.86. The van der Waals surface area contributed by atoms with Crippen LogP contribution in [0.15, 0.2) is 6.07 Å². The molecule has 6 nitrogen and oxygen atoms in total. The van der Waals surface area contributed by atoms with Gasteiger partial charge in [-0.3, -0.25) is 9.48 Å². The number of hydrogen-bond acceptors (Lipinski definition) is 4. The Morgan fingerprint density at radius 1 is 1.20 bits per heavy atom. The highest BCUT2D eigenvalue weighted by molar-refractivity contribution is 5.78. The number of aromatic nitrogens is 2. The van der Waals surface area contributed by atoms with Crippen LogP contribution in [0.2, 0.25) is 0 Å². The molecular weight excluding hydrogens is 316 g/mol. The van der Waals surface area contributed by atoms with E-state index >= 15 is 0 Å². The highest BCUT2D eigenvalue weighted by Gasteiger charge is 2.34. The smallest absolute Gasteiger partial charge is 0.225 e. The molecular formula is C19H32N4O2. The zero-order valence-electron chi connectivity index (χ0n) is 16.0. The molecule has 140 valence electrons. The van der Waals surface area contributed by atoms with Gasteiger partial charge in [0.05, 0.1) is 30.1 Å². The van der Waals surface area contributed by atoms with Crippen molar-refractivity contribution in [3.8, 4) is 0 Å². The van der Waals surface area contributed by atoms with E-state index in [2.05, 4.69) is 29.9 Å². The number of aliphatic hydroxyl groups is 1. The minimum atomic E-state index is -0.649. The van der Waals surface area contributed by atoms with Gasteiger partial charge < -0.3 is 14.9 Å². The molecule has 1 fully saturated rings. The summed E-state index contributed by atoms with van der Waals surface area (Å²) < 4.78 is 2.01. The standard InChI is InChI=1S/C19H32N4O2/c1-14(2)18(24)22-9-10-23-17(13-22)11-16(20-23)12-19(25)5-7-21(8-6-19)15(3)4/h11,14-15,25H,5-10,12-13H2,1-4H3. The summed E-state index contributed by atoms with van der Waals surface area (Å²) in [6.45, 7) is 12.3. The Bertz CT molecular complexity index is 615. The van der Waals surface area contributed by atoms with E-state index in [-0.39, 0.29) is 11.8 Å². The van der Waals surface area contributed by atoms with Gasteiger partial charge in [-0.2, -0.15) is 5.10 Å². The van der Waals surface area contributed by atoms with Crippen LogP contribution in [0.5, 0.6) is 0 Å². The summed E-state index contributed by atoms with van der Waals surface area (Å²) >= 11 is 0. The Balaban J connectivity index is 1.63. The molecule has 3 heterocycles. The molecule has 1 N–H and O–H groups in total. The molecule has 2 aliphatic rings. The molecule has 0 spiro atoms. The van der Waals surface area contributed by atoms with E-state index in [9.17, 15) is 9.90 Å². The Morgan fingerprint density at radius 2 is 1.88 bits per heavy atom. The summed E-state index contributed by atoms with van der Waals surface area (Å²) in [5.74, 6) is 0.231. The molecule has 6 heteroatoms. The summed E-state index contributed by atoms with van der Waals surface area (Å²) in [7, 11) is 0. The lowest BCUT2D eigenvalue weighted by Crippen LogP contribution is -2.47.